The zero-order valence-corrected chi connectivity index (χ0v) is 17.7. The van der Waals surface area contributed by atoms with E-state index in [4.69, 9.17) is 4.74 Å². The Hall–Kier alpha value is -2.57. The minimum absolute atomic E-state index is 0.0268. The zero-order chi connectivity index (χ0) is 20.6. The molecule has 1 atom stereocenters. The molecule has 0 aliphatic carbocycles. The molecule has 1 saturated heterocycles. The molecule has 0 bridgehead atoms. The molecule has 1 amide bonds. The molecule has 29 heavy (non-hydrogen) atoms. The number of ether oxygens (including phenoxy) is 1. The summed E-state index contributed by atoms with van der Waals surface area (Å²) < 4.78 is 5.57. The number of nitrogens with zero attached hydrogens (tertiary/aromatic N) is 3. The number of piperazine rings is 1. The fourth-order valence-corrected chi connectivity index (χ4v) is 3.51. The Balaban J connectivity index is 1.62. The van der Waals surface area contributed by atoms with Crippen molar-refractivity contribution >= 4 is 11.6 Å². The third-order valence-electron chi connectivity index (χ3n) is 5.38. The Kier molecular flexibility index (Phi) is 7.49. The molecule has 1 fully saturated rings. The Labute approximate surface area is 174 Å². The predicted molar refractivity (Wildman–Crippen MR) is 118 cm³/mol. The van der Waals surface area contributed by atoms with Crippen molar-refractivity contribution in [3.05, 3.63) is 60.2 Å². The maximum atomic E-state index is 12.4. The van der Waals surface area contributed by atoms with Gasteiger partial charge in [-0.3, -0.25) is 9.69 Å². The molecule has 0 radical (unpaired) electrons. The van der Waals surface area contributed by atoms with Crippen molar-refractivity contribution in [1.82, 2.24) is 15.1 Å². The minimum atomic E-state index is -0.0992. The van der Waals surface area contributed by atoms with Crippen LogP contribution >= 0.6 is 0 Å². The average molecular weight is 397 g/mol. The van der Waals surface area contributed by atoms with Gasteiger partial charge < -0.3 is 19.9 Å². The summed E-state index contributed by atoms with van der Waals surface area (Å²) in [5.74, 6) is 0.607. The lowest BCUT2D eigenvalue weighted by Gasteiger charge is -2.38. The maximum Gasteiger partial charge on any atom is 0.258 e. The first kappa shape index (κ1) is 21.1. The van der Waals surface area contributed by atoms with Crippen molar-refractivity contribution < 1.29 is 9.53 Å². The van der Waals surface area contributed by atoms with Gasteiger partial charge in [0.05, 0.1) is 6.04 Å². The van der Waals surface area contributed by atoms with Gasteiger partial charge in [0, 0.05) is 52.5 Å². The van der Waals surface area contributed by atoms with Crippen LogP contribution in [0.25, 0.3) is 0 Å². The fourth-order valence-electron chi connectivity index (χ4n) is 3.51. The van der Waals surface area contributed by atoms with Crippen LogP contribution in [0.5, 0.6) is 5.75 Å². The van der Waals surface area contributed by atoms with Crippen molar-refractivity contribution in [3.8, 4) is 5.75 Å². The van der Waals surface area contributed by atoms with Gasteiger partial charge in [-0.15, -0.1) is 0 Å². The second-order valence-corrected chi connectivity index (χ2v) is 7.75. The zero-order valence-electron chi connectivity index (χ0n) is 17.7. The summed E-state index contributed by atoms with van der Waals surface area (Å²) in [4.78, 5) is 19.3. The van der Waals surface area contributed by atoms with Gasteiger partial charge in [-0.25, -0.2) is 0 Å². The Morgan fingerprint density at radius 3 is 2.31 bits per heavy atom. The van der Waals surface area contributed by atoms with E-state index in [2.05, 4.69) is 51.3 Å². The number of para-hydroxylation sites is 1. The van der Waals surface area contributed by atoms with E-state index in [0.29, 0.717) is 12.3 Å². The van der Waals surface area contributed by atoms with Gasteiger partial charge >= 0.3 is 0 Å². The van der Waals surface area contributed by atoms with Gasteiger partial charge in [0.2, 0.25) is 0 Å². The van der Waals surface area contributed by atoms with Crippen LogP contribution < -0.4 is 15.0 Å². The van der Waals surface area contributed by atoms with E-state index in [-0.39, 0.29) is 18.6 Å². The lowest BCUT2D eigenvalue weighted by atomic mass is 10.0. The number of hydrogen-bond acceptors (Lipinski definition) is 5. The van der Waals surface area contributed by atoms with Crippen molar-refractivity contribution in [1.29, 1.82) is 0 Å². The second kappa shape index (κ2) is 10.3. The van der Waals surface area contributed by atoms with E-state index in [0.717, 1.165) is 26.2 Å². The molecule has 0 aromatic heterocycles. The molecule has 3 rings (SSSR count). The number of benzene rings is 2. The van der Waals surface area contributed by atoms with Crippen LogP contribution in [0.4, 0.5) is 5.69 Å². The predicted octanol–water partition coefficient (Wildman–Crippen LogP) is 2.24. The van der Waals surface area contributed by atoms with E-state index in [9.17, 15) is 4.79 Å². The van der Waals surface area contributed by atoms with Crippen LogP contribution in [-0.4, -0.2) is 76.2 Å². The van der Waals surface area contributed by atoms with Gasteiger partial charge in [-0.2, -0.15) is 0 Å². The van der Waals surface area contributed by atoms with Crippen LogP contribution in [-0.2, 0) is 4.79 Å². The number of carbonyl (C=O) groups is 1. The normalized spacial score (nSPS) is 16.2. The third kappa shape index (κ3) is 6.21. The Morgan fingerprint density at radius 2 is 1.69 bits per heavy atom. The topological polar surface area (TPSA) is 48.1 Å². The van der Waals surface area contributed by atoms with Crippen LogP contribution in [0.1, 0.15) is 11.6 Å². The number of carbonyl (C=O) groups excluding carboxylic acids is 1. The largest absolute Gasteiger partial charge is 0.484 e. The first-order chi connectivity index (χ1) is 14.0. The monoisotopic (exact) mass is 396 g/mol. The quantitative estimate of drug-likeness (QED) is 0.742. The van der Waals surface area contributed by atoms with Gasteiger partial charge in [0.1, 0.15) is 5.75 Å². The molecule has 6 nitrogen and oxygen atoms in total. The first-order valence-corrected chi connectivity index (χ1v) is 10.2. The summed E-state index contributed by atoms with van der Waals surface area (Å²) in [6.45, 7) is 4.66. The smallest absolute Gasteiger partial charge is 0.258 e. The summed E-state index contributed by atoms with van der Waals surface area (Å²) in [5.41, 5.74) is 2.40. The summed E-state index contributed by atoms with van der Waals surface area (Å²) >= 11 is 0. The number of anilines is 1. The summed E-state index contributed by atoms with van der Waals surface area (Å²) in [6.07, 6.45) is 0. The third-order valence-corrected chi connectivity index (χ3v) is 5.38. The highest BCUT2D eigenvalue weighted by Gasteiger charge is 2.24. The van der Waals surface area contributed by atoms with Gasteiger partial charge in [-0.05, 0) is 36.9 Å². The molecule has 1 aliphatic heterocycles. The number of amides is 1. The van der Waals surface area contributed by atoms with Gasteiger partial charge in [0.15, 0.2) is 6.61 Å². The van der Waals surface area contributed by atoms with E-state index in [1.165, 1.54) is 11.3 Å². The first-order valence-electron chi connectivity index (χ1n) is 10.2. The molecule has 2 aromatic rings. The Morgan fingerprint density at radius 1 is 1.03 bits per heavy atom. The van der Waals surface area contributed by atoms with Gasteiger partial charge in [0.25, 0.3) is 5.91 Å². The molecule has 6 heteroatoms. The molecular weight excluding hydrogens is 364 g/mol. The van der Waals surface area contributed by atoms with Crippen LogP contribution in [0.2, 0.25) is 0 Å². The highest BCUT2D eigenvalue weighted by Crippen LogP contribution is 2.24. The average Bonchev–Trinajstić information content (AvgIpc) is 2.74. The summed E-state index contributed by atoms with van der Waals surface area (Å²) in [6, 6.07) is 18.2. The number of likely N-dealkylation sites (N-methyl/N-ethyl adjacent to an activating group) is 1. The molecule has 2 aromatic carbocycles. The SMILES string of the molecule is CN1CCN(C(CNC(=O)COc2ccccc2)c2ccc(N(C)C)cc2)CC1. The second-order valence-electron chi connectivity index (χ2n) is 7.75. The lowest BCUT2D eigenvalue weighted by molar-refractivity contribution is -0.123. The van der Waals surface area contributed by atoms with Crippen molar-refractivity contribution in [2.24, 2.45) is 0 Å². The van der Waals surface area contributed by atoms with Crippen molar-refractivity contribution in [2.75, 3.05) is 65.4 Å². The number of nitrogens with one attached hydrogen (secondary N) is 1. The van der Waals surface area contributed by atoms with E-state index >= 15 is 0 Å². The van der Waals surface area contributed by atoms with E-state index < -0.39 is 0 Å². The lowest BCUT2D eigenvalue weighted by Crippen LogP contribution is -2.48. The fraction of sp³-hybridized carbons (Fsp3) is 0.435. The minimum Gasteiger partial charge on any atom is -0.484 e. The molecular formula is C23H32N4O2. The summed E-state index contributed by atoms with van der Waals surface area (Å²) in [7, 11) is 6.24. The number of hydrogen-bond donors (Lipinski definition) is 1. The van der Waals surface area contributed by atoms with Crippen LogP contribution in [0, 0.1) is 0 Å². The van der Waals surface area contributed by atoms with Crippen molar-refractivity contribution in [2.45, 2.75) is 6.04 Å². The van der Waals surface area contributed by atoms with Crippen LogP contribution in [0.3, 0.4) is 0 Å². The molecule has 1 aliphatic rings. The highest BCUT2D eigenvalue weighted by atomic mass is 16.5. The van der Waals surface area contributed by atoms with Gasteiger partial charge in [-0.1, -0.05) is 30.3 Å². The molecule has 156 valence electrons. The molecule has 1 heterocycles. The number of rotatable bonds is 8. The molecule has 0 saturated carbocycles. The molecule has 1 unspecified atom stereocenters. The van der Waals surface area contributed by atoms with Crippen molar-refractivity contribution in [3.63, 3.8) is 0 Å². The van der Waals surface area contributed by atoms with Crippen LogP contribution in [0.15, 0.2) is 54.6 Å². The van der Waals surface area contributed by atoms with E-state index in [1.54, 1.807) is 0 Å². The maximum absolute atomic E-state index is 12.4. The highest BCUT2D eigenvalue weighted by molar-refractivity contribution is 5.77. The summed E-state index contributed by atoms with van der Waals surface area (Å²) in [5, 5.41) is 3.07. The van der Waals surface area contributed by atoms with E-state index in [1.807, 2.05) is 44.4 Å². The molecule has 1 N–H and O–H groups in total. The molecule has 0 spiro atoms. The Bertz CT molecular complexity index is 756. The standard InChI is InChI=1S/C23H32N4O2/c1-25(2)20-11-9-19(10-12-20)22(27-15-13-26(3)14-16-27)17-24-23(28)18-29-21-7-5-4-6-8-21/h4-12,22H,13-18H2,1-3H3,(H,24,28).